The van der Waals surface area contributed by atoms with Crippen molar-refractivity contribution < 1.29 is 32.6 Å². The number of hydrogen-bond acceptors (Lipinski definition) is 4. The van der Waals surface area contributed by atoms with E-state index in [1.165, 1.54) is 0 Å². The Morgan fingerprint density at radius 1 is 1.48 bits per heavy atom. The largest absolute Gasteiger partial charge is 0.478 e. The Morgan fingerprint density at radius 3 is 2.60 bits per heavy atom. The highest BCUT2D eigenvalue weighted by Crippen LogP contribution is 2.46. The molecule has 9 heteroatoms. The summed E-state index contributed by atoms with van der Waals surface area (Å²) >= 11 is 0. The summed E-state index contributed by atoms with van der Waals surface area (Å²) in [6.07, 6.45) is -3.13. The van der Waals surface area contributed by atoms with Crippen molar-refractivity contribution in [2.75, 3.05) is 6.61 Å². The van der Waals surface area contributed by atoms with Crippen molar-refractivity contribution >= 4 is 11.9 Å². The van der Waals surface area contributed by atoms with E-state index in [0.717, 1.165) is 10.9 Å². The highest BCUT2D eigenvalue weighted by molar-refractivity contribution is 5.88. The molecule has 1 aliphatic carbocycles. The van der Waals surface area contributed by atoms with Crippen molar-refractivity contribution in [1.82, 2.24) is 9.78 Å². The van der Waals surface area contributed by atoms with E-state index in [1.807, 2.05) is 0 Å². The van der Waals surface area contributed by atoms with Gasteiger partial charge in [0.05, 0.1) is 24.3 Å². The number of nitrogens with zero attached hydrogens (tertiary/aromatic N) is 2. The average molecular weight is 362 g/mol. The van der Waals surface area contributed by atoms with Crippen molar-refractivity contribution in [2.45, 2.75) is 52.3 Å². The number of hydrogen-bond donors (Lipinski definition) is 1. The van der Waals surface area contributed by atoms with E-state index in [1.54, 1.807) is 20.8 Å². The fourth-order valence-electron chi connectivity index (χ4n) is 3.61. The number of alkyl halides is 3. The van der Waals surface area contributed by atoms with Gasteiger partial charge in [-0.15, -0.1) is 0 Å². The summed E-state index contributed by atoms with van der Waals surface area (Å²) in [7, 11) is 0. The molecule has 1 N–H and O–H groups in total. The number of esters is 1. The molecule has 1 saturated carbocycles. The third-order valence-electron chi connectivity index (χ3n) is 4.80. The molecule has 3 atom stereocenters. The van der Waals surface area contributed by atoms with E-state index < -0.39 is 34.9 Å². The zero-order valence-electron chi connectivity index (χ0n) is 14.3. The van der Waals surface area contributed by atoms with Crippen LogP contribution in [0.15, 0.2) is 6.20 Å². The van der Waals surface area contributed by atoms with E-state index in [9.17, 15) is 22.8 Å². The van der Waals surface area contributed by atoms with E-state index in [-0.39, 0.29) is 24.9 Å². The van der Waals surface area contributed by atoms with E-state index in [0.29, 0.717) is 12.8 Å². The number of aromatic carboxylic acids is 1. The predicted molar refractivity (Wildman–Crippen MR) is 81.0 cm³/mol. The summed E-state index contributed by atoms with van der Waals surface area (Å²) < 4.78 is 45.9. The van der Waals surface area contributed by atoms with Crippen LogP contribution in [0.4, 0.5) is 13.2 Å². The number of aromatic nitrogens is 2. The van der Waals surface area contributed by atoms with Crippen LogP contribution in [0.5, 0.6) is 0 Å². The molecular weight excluding hydrogens is 341 g/mol. The summed E-state index contributed by atoms with van der Waals surface area (Å²) in [5.41, 5.74) is -2.87. The molecule has 2 rings (SSSR count). The van der Waals surface area contributed by atoms with Gasteiger partial charge in [0.1, 0.15) is 5.56 Å². The van der Waals surface area contributed by atoms with Crippen molar-refractivity contribution in [2.24, 2.45) is 11.3 Å². The SMILES string of the molecule is CCOC(=O)[C@@]1(C)CC[C@H](n2ncc(C(=O)O)c2C(F)(F)F)[C@H](C)C1. The molecule has 0 saturated heterocycles. The summed E-state index contributed by atoms with van der Waals surface area (Å²) in [5.74, 6) is -2.33. The van der Waals surface area contributed by atoms with Crippen LogP contribution in [-0.4, -0.2) is 33.4 Å². The highest BCUT2D eigenvalue weighted by Gasteiger charge is 2.47. The minimum atomic E-state index is -4.83. The molecule has 25 heavy (non-hydrogen) atoms. The second kappa shape index (κ2) is 6.68. The summed E-state index contributed by atoms with van der Waals surface area (Å²) in [6.45, 7) is 5.42. The number of carboxylic acid groups (broad SMARTS) is 1. The summed E-state index contributed by atoms with van der Waals surface area (Å²) in [4.78, 5) is 23.2. The zero-order valence-corrected chi connectivity index (χ0v) is 14.3. The van der Waals surface area contributed by atoms with Gasteiger partial charge in [0.2, 0.25) is 0 Å². The van der Waals surface area contributed by atoms with Gasteiger partial charge < -0.3 is 9.84 Å². The number of halogens is 3. The molecular formula is C16H21F3N2O4. The van der Waals surface area contributed by atoms with Gasteiger partial charge in [0.25, 0.3) is 0 Å². The molecule has 1 heterocycles. The molecule has 0 amide bonds. The van der Waals surface area contributed by atoms with E-state index in [4.69, 9.17) is 9.84 Å². The Hall–Kier alpha value is -2.06. The number of rotatable bonds is 4. The van der Waals surface area contributed by atoms with Gasteiger partial charge in [0, 0.05) is 0 Å². The molecule has 0 aliphatic heterocycles. The third kappa shape index (κ3) is 3.64. The lowest BCUT2D eigenvalue weighted by Gasteiger charge is -2.40. The van der Waals surface area contributed by atoms with Crippen LogP contribution >= 0.6 is 0 Å². The second-order valence-electron chi connectivity index (χ2n) is 6.72. The molecule has 1 aromatic rings. The van der Waals surface area contributed by atoms with E-state index >= 15 is 0 Å². The molecule has 1 fully saturated rings. The standard InChI is InChI=1S/C16H21F3N2O4/c1-4-25-14(24)15(3)6-5-11(9(2)7-15)21-12(16(17,18)19)10(8-20-21)13(22)23/h8-9,11H,4-7H2,1-3H3,(H,22,23)/t9-,11+,15+/m1/s1. The van der Waals surface area contributed by atoms with Crippen molar-refractivity contribution in [3.8, 4) is 0 Å². The Bertz CT molecular complexity index is 671. The van der Waals surface area contributed by atoms with Gasteiger partial charge in [-0.1, -0.05) is 6.92 Å². The molecule has 0 radical (unpaired) electrons. The fourth-order valence-corrected chi connectivity index (χ4v) is 3.61. The topological polar surface area (TPSA) is 81.4 Å². The number of carbonyl (C=O) groups excluding carboxylic acids is 1. The first-order chi connectivity index (χ1) is 11.5. The van der Waals surface area contributed by atoms with Gasteiger partial charge >= 0.3 is 18.1 Å². The number of carboxylic acids is 1. The number of ether oxygens (including phenoxy) is 1. The highest BCUT2D eigenvalue weighted by atomic mass is 19.4. The van der Waals surface area contributed by atoms with Crippen molar-refractivity contribution in [3.05, 3.63) is 17.5 Å². The predicted octanol–water partition coefficient (Wildman–Crippen LogP) is 3.53. The fraction of sp³-hybridized carbons (Fsp3) is 0.688. The molecule has 1 aromatic heterocycles. The third-order valence-corrected chi connectivity index (χ3v) is 4.80. The van der Waals surface area contributed by atoms with Crippen LogP contribution in [-0.2, 0) is 15.7 Å². The lowest BCUT2D eigenvalue weighted by molar-refractivity contribution is -0.159. The molecule has 0 aromatic carbocycles. The van der Waals surface area contributed by atoms with Gasteiger partial charge in [-0.05, 0) is 39.0 Å². The minimum absolute atomic E-state index is 0.242. The van der Waals surface area contributed by atoms with E-state index in [2.05, 4.69) is 5.10 Å². The van der Waals surface area contributed by atoms with Crippen LogP contribution < -0.4 is 0 Å². The van der Waals surface area contributed by atoms with Crippen molar-refractivity contribution in [1.29, 1.82) is 0 Å². The average Bonchev–Trinajstić information content (AvgIpc) is 2.92. The van der Waals surface area contributed by atoms with Gasteiger partial charge in [0.15, 0.2) is 5.69 Å². The molecule has 0 bridgehead atoms. The molecule has 140 valence electrons. The van der Waals surface area contributed by atoms with Gasteiger partial charge in [-0.3, -0.25) is 9.48 Å². The van der Waals surface area contributed by atoms with Crippen LogP contribution in [0, 0.1) is 11.3 Å². The first-order valence-electron chi connectivity index (χ1n) is 8.06. The Balaban J connectivity index is 2.33. The normalized spacial score (nSPS) is 27.1. The quantitative estimate of drug-likeness (QED) is 0.829. The van der Waals surface area contributed by atoms with Crippen LogP contribution in [0.2, 0.25) is 0 Å². The minimum Gasteiger partial charge on any atom is -0.478 e. The van der Waals surface area contributed by atoms with Crippen LogP contribution in [0.3, 0.4) is 0 Å². The van der Waals surface area contributed by atoms with Gasteiger partial charge in [-0.25, -0.2) is 4.79 Å². The Morgan fingerprint density at radius 2 is 2.12 bits per heavy atom. The first kappa shape index (κ1) is 19.3. The monoisotopic (exact) mass is 362 g/mol. The molecule has 6 nitrogen and oxygen atoms in total. The summed E-state index contributed by atoms with van der Waals surface area (Å²) in [5, 5.41) is 12.7. The smallest absolute Gasteiger partial charge is 0.433 e. The molecule has 1 aliphatic rings. The maximum atomic E-state index is 13.4. The first-order valence-corrected chi connectivity index (χ1v) is 8.06. The van der Waals surface area contributed by atoms with Crippen LogP contribution in [0.25, 0.3) is 0 Å². The maximum absolute atomic E-state index is 13.4. The number of carbonyl (C=O) groups is 2. The zero-order chi connectivity index (χ0) is 19.0. The molecule has 0 unspecified atom stereocenters. The van der Waals surface area contributed by atoms with Crippen LogP contribution in [0.1, 0.15) is 62.1 Å². The maximum Gasteiger partial charge on any atom is 0.433 e. The lowest BCUT2D eigenvalue weighted by atomic mass is 9.69. The van der Waals surface area contributed by atoms with Crippen molar-refractivity contribution in [3.63, 3.8) is 0 Å². The lowest BCUT2D eigenvalue weighted by Crippen LogP contribution is -2.39. The molecule has 0 spiro atoms. The van der Waals surface area contributed by atoms with Gasteiger partial charge in [-0.2, -0.15) is 18.3 Å². The Labute approximate surface area is 143 Å². The second-order valence-corrected chi connectivity index (χ2v) is 6.72. The Kier molecular flexibility index (Phi) is 5.15. The summed E-state index contributed by atoms with van der Waals surface area (Å²) in [6, 6.07) is -0.632.